The van der Waals surface area contributed by atoms with E-state index in [1.54, 1.807) is 24.3 Å². The Bertz CT molecular complexity index is 1450. The predicted molar refractivity (Wildman–Crippen MR) is 138 cm³/mol. The molecule has 0 spiro atoms. The number of carbonyl (C=O) groups excluding carboxylic acids is 4. The molecule has 2 aliphatic rings. The number of aliphatic hydroxyl groups is 1. The van der Waals surface area contributed by atoms with Gasteiger partial charge in [-0.2, -0.15) is 0 Å². The molecule has 194 valence electrons. The number of hydrogen-bond donors (Lipinski definition) is 2. The molecule has 1 unspecified atom stereocenters. The fourth-order valence-electron chi connectivity index (χ4n) is 5.33. The van der Waals surface area contributed by atoms with Gasteiger partial charge < -0.3 is 10.2 Å². The van der Waals surface area contributed by atoms with E-state index in [4.69, 9.17) is 5.11 Å². The Morgan fingerprint density at radius 1 is 0.763 bits per heavy atom. The van der Waals surface area contributed by atoms with E-state index in [1.165, 1.54) is 24.3 Å². The normalized spacial score (nSPS) is 15.6. The first-order chi connectivity index (χ1) is 18.1. The summed E-state index contributed by atoms with van der Waals surface area (Å²) >= 11 is 0. The summed E-state index contributed by atoms with van der Waals surface area (Å²) in [5, 5.41) is 19.4. The van der Waals surface area contributed by atoms with Crippen molar-refractivity contribution in [2.24, 2.45) is 5.92 Å². The highest BCUT2D eigenvalue weighted by Crippen LogP contribution is 2.39. The lowest BCUT2D eigenvalue weighted by Crippen LogP contribution is -2.49. The average molecular weight is 515 g/mol. The van der Waals surface area contributed by atoms with Crippen LogP contribution in [-0.2, 0) is 11.2 Å². The smallest absolute Gasteiger partial charge is 0.303 e. The lowest BCUT2D eigenvalue weighted by Gasteiger charge is -2.35. The van der Waals surface area contributed by atoms with E-state index in [-0.39, 0.29) is 52.0 Å². The maximum Gasteiger partial charge on any atom is 0.303 e. The summed E-state index contributed by atoms with van der Waals surface area (Å²) in [5.41, 5.74) is 1.90. The molecule has 9 nitrogen and oxygen atoms in total. The molecule has 3 aromatic rings. The van der Waals surface area contributed by atoms with Crippen LogP contribution in [-0.4, -0.2) is 57.4 Å². The maximum atomic E-state index is 13.6. The Balaban J connectivity index is 1.57. The van der Waals surface area contributed by atoms with Gasteiger partial charge in [-0.05, 0) is 60.7 Å². The number of nitrogens with zero attached hydrogens (tertiary/aromatic N) is 2. The first-order valence-corrected chi connectivity index (χ1v) is 12.4. The molecule has 5 rings (SSSR count). The molecule has 0 aliphatic carbocycles. The van der Waals surface area contributed by atoms with Crippen molar-refractivity contribution in [3.63, 3.8) is 0 Å². The number of benzene rings is 3. The fourth-order valence-corrected chi connectivity index (χ4v) is 5.33. The van der Waals surface area contributed by atoms with Crippen molar-refractivity contribution in [2.75, 3.05) is 11.5 Å². The second-order valence-corrected chi connectivity index (χ2v) is 10.0. The monoisotopic (exact) mass is 514 g/mol. The van der Waals surface area contributed by atoms with Crippen molar-refractivity contribution >= 4 is 46.1 Å². The lowest BCUT2D eigenvalue weighted by molar-refractivity contribution is -0.136. The van der Waals surface area contributed by atoms with Crippen LogP contribution in [0.5, 0.6) is 0 Å². The summed E-state index contributed by atoms with van der Waals surface area (Å²) in [6.07, 6.45) is 0.717. The van der Waals surface area contributed by atoms with E-state index in [1.807, 2.05) is 13.8 Å². The van der Waals surface area contributed by atoms with Crippen molar-refractivity contribution in [2.45, 2.75) is 39.2 Å². The van der Waals surface area contributed by atoms with Gasteiger partial charge in [0.05, 0.1) is 18.3 Å². The van der Waals surface area contributed by atoms with E-state index >= 15 is 0 Å². The molecule has 0 bridgehead atoms. The highest BCUT2D eigenvalue weighted by Gasteiger charge is 2.42. The number of rotatable bonds is 8. The topological polar surface area (TPSA) is 132 Å². The molecule has 9 heteroatoms. The number of amides is 4. The molecule has 0 saturated heterocycles. The number of imide groups is 2. The van der Waals surface area contributed by atoms with E-state index in [0.29, 0.717) is 18.5 Å². The Morgan fingerprint density at radius 2 is 1.24 bits per heavy atom. The number of hydrogen-bond acceptors (Lipinski definition) is 6. The quantitative estimate of drug-likeness (QED) is 0.439. The summed E-state index contributed by atoms with van der Waals surface area (Å²) in [6, 6.07) is 11.8. The third-order valence-electron chi connectivity index (χ3n) is 7.07. The number of carbonyl (C=O) groups is 5. The van der Waals surface area contributed by atoms with E-state index in [0.717, 1.165) is 15.4 Å². The molecule has 1 atom stereocenters. The number of carboxylic acids is 1. The first-order valence-electron chi connectivity index (χ1n) is 12.4. The van der Waals surface area contributed by atoms with Gasteiger partial charge in [0.2, 0.25) is 0 Å². The van der Waals surface area contributed by atoms with Gasteiger partial charge in [-0.3, -0.25) is 28.9 Å². The van der Waals surface area contributed by atoms with Crippen LogP contribution >= 0.6 is 0 Å². The molecular weight excluding hydrogens is 488 g/mol. The van der Waals surface area contributed by atoms with Gasteiger partial charge in [-0.1, -0.05) is 26.0 Å². The Morgan fingerprint density at radius 3 is 1.66 bits per heavy atom. The van der Waals surface area contributed by atoms with Crippen LogP contribution in [0.1, 0.15) is 73.7 Å². The molecule has 2 N–H and O–H groups in total. The molecule has 3 aromatic carbocycles. The molecule has 0 radical (unpaired) electrons. The molecular formula is C29H26N2O7. The second kappa shape index (κ2) is 9.50. The van der Waals surface area contributed by atoms with Crippen molar-refractivity contribution in [3.05, 3.63) is 76.3 Å². The molecule has 2 aliphatic heterocycles. The summed E-state index contributed by atoms with van der Waals surface area (Å²) in [4.78, 5) is 67.1. The number of aliphatic carboxylic acids is 1. The van der Waals surface area contributed by atoms with Crippen LogP contribution in [0.25, 0.3) is 10.8 Å². The van der Waals surface area contributed by atoms with Crippen LogP contribution in [0, 0.1) is 5.92 Å². The van der Waals surface area contributed by atoms with Crippen molar-refractivity contribution in [1.82, 2.24) is 4.90 Å². The second-order valence-electron chi connectivity index (χ2n) is 10.0. The standard InChI is InChI=1S/C29H26N2O7/c1-15(2)13-18(14-32)31-28(37)21-10-8-19-24-20(9-11-22(25(21)24)29(31)38)27(36)30(26(19)35)17-6-3-16(4-7-17)5-12-23(33)34/h3-4,6-11,15,18,32H,5,12-14H2,1-2H3,(H,33,34). The SMILES string of the molecule is CC(C)CC(CO)N1C(=O)c2ccc3c4c(ccc(c24)C1=O)C(=O)N(c1ccc(CCC(=O)O)cc1)C3=O. The van der Waals surface area contributed by atoms with Crippen LogP contribution in [0.15, 0.2) is 48.5 Å². The zero-order valence-electron chi connectivity index (χ0n) is 20.9. The Hall–Kier alpha value is -4.37. The number of carboxylic acid groups (broad SMARTS) is 1. The van der Waals surface area contributed by atoms with Crippen LogP contribution < -0.4 is 4.90 Å². The van der Waals surface area contributed by atoms with Crippen molar-refractivity contribution < 1.29 is 34.2 Å². The third-order valence-corrected chi connectivity index (χ3v) is 7.07. The van der Waals surface area contributed by atoms with E-state index in [2.05, 4.69) is 0 Å². The van der Waals surface area contributed by atoms with Crippen molar-refractivity contribution in [3.8, 4) is 0 Å². The third kappa shape index (κ3) is 3.95. The summed E-state index contributed by atoms with van der Waals surface area (Å²) in [5.74, 6) is -3.08. The van der Waals surface area contributed by atoms with Gasteiger partial charge in [-0.25, -0.2) is 4.90 Å². The van der Waals surface area contributed by atoms with E-state index < -0.39 is 35.6 Å². The first kappa shape index (κ1) is 25.3. The van der Waals surface area contributed by atoms with Gasteiger partial charge in [-0.15, -0.1) is 0 Å². The minimum atomic E-state index is -0.918. The maximum absolute atomic E-state index is 13.6. The van der Waals surface area contributed by atoms with Crippen LogP contribution in [0.3, 0.4) is 0 Å². The number of aryl methyl sites for hydroxylation is 1. The van der Waals surface area contributed by atoms with Gasteiger partial charge in [0.15, 0.2) is 0 Å². The van der Waals surface area contributed by atoms with Gasteiger partial charge >= 0.3 is 5.97 Å². The van der Waals surface area contributed by atoms with Gasteiger partial charge in [0.1, 0.15) is 0 Å². The zero-order valence-corrected chi connectivity index (χ0v) is 20.9. The summed E-state index contributed by atoms with van der Waals surface area (Å²) in [7, 11) is 0. The minimum Gasteiger partial charge on any atom is -0.481 e. The van der Waals surface area contributed by atoms with Crippen LogP contribution in [0.2, 0.25) is 0 Å². The van der Waals surface area contributed by atoms with E-state index in [9.17, 15) is 29.1 Å². The zero-order chi connectivity index (χ0) is 27.3. The molecule has 4 amide bonds. The molecule has 2 heterocycles. The average Bonchev–Trinajstić information content (AvgIpc) is 2.89. The Kier molecular flexibility index (Phi) is 6.32. The van der Waals surface area contributed by atoms with Gasteiger partial charge in [0.25, 0.3) is 23.6 Å². The van der Waals surface area contributed by atoms with Gasteiger partial charge in [0, 0.05) is 39.4 Å². The number of anilines is 1. The largest absolute Gasteiger partial charge is 0.481 e. The number of aliphatic hydroxyl groups excluding tert-OH is 1. The highest BCUT2D eigenvalue weighted by molar-refractivity contribution is 6.39. The molecule has 0 saturated carbocycles. The molecule has 0 aromatic heterocycles. The molecule has 0 fully saturated rings. The molecule has 38 heavy (non-hydrogen) atoms. The van der Waals surface area contributed by atoms with Crippen LogP contribution in [0.4, 0.5) is 5.69 Å². The van der Waals surface area contributed by atoms with Crippen molar-refractivity contribution in [1.29, 1.82) is 0 Å². The predicted octanol–water partition coefficient (Wildman–Crippen LogP) is 3.66. The summed E-state index contributed by atoms with van der Waals surface area (Å²) < 4.78 is 0. The highest BCUT2D eigenvalue weighted by atomic mass is 16.4. The summed E-state index contributed by atoms with van der Waals surface area (Å²) in [6.45, 7) is 3.51. The minimum absolute atomic E-state index is 0.0354. The lowest BCUT2D eigenvalue weighted by atomic mass is 9.85. The Labute approximate surface area is 218 Å². The fraction of sp³-hybridized carbons (Fsp3) is 0.276.